The Morgan fingerprint density at radius 1 is 1.11 bits per heavy atom. The molecule has 1 fully saturated rings. The van der Waals surface area contributed by atoms with E-state index in [2.05, 4.69) is 13.8 Å². The second kappa shape index (κ2) is 8.60. The maximum atomic E-state index is 13.4. The lowest BCUT2D eigenvalue weighted by Crippen LogP contribution is -2.46. The molecule has 28 heavy (non-hydrogen) atoms. The van der Waals surface area contributed by atoms with Gasteiger partial charge in [-0.15, -0.1) is 0 Å². The van der Waals surface area contributed by atoms with Gasteiger partial charge < -0.3 is 10.0 Å². The highest BCUT2D eigenvalue weighted by Crippen LogP contribution is 2.32. The summed E-state index contributed by atoms with van der Waals surface area (Å²) in [6.07, 6.45) is -0.925. The minimum Gasteiger partial charge on any atom is -0.388 e. The third kappa shape index (κ3) is 4.07. The van der Waals surface area contributed by atoms with Gasteiger partial charge in [-0.25, -0.2) is 0 Å². The van der Waals surface area contributed by atoms with Gasteiger partial charge >= 0.3 is 0 Å². The summed E-state index contributed by atoms with van der Waals surface area (Å²) < 4.78 is 0. The number of anilines is 1. The van der Waals surface area contributed by atoms with Crippen molar-refractivity contribution in [3.63, 3.8) is 0 Å². The summed E-state index contributed by atoms with van der Waals surface area (Å²) in [5, 5.41) is 11.8. The van der Waals surface area contributed by atoms with Crippen molar-refractivity contribution < 1.29 is 9.90 Å². The fraction of sp³-hybridized carbons (Fsp3) is 0.364. The van der Waals surface area contributed by atoms with Crippen molar-refractivity contribution in [3.05, 3.63) is 65.2 Å². The lowest BCUT2D eigenvalue weighted by Gasteiger charge is -2.30. The number of amides is 1. The molecule has 1 saturated heterocycles. The quantitative estimate of drug-likeness (QED) is 0.719. The molecule has 4 nitrogen and oxygen atoms in total. The number of benzene rings is 2. The van der Waals surface area contributed by atoms with Gasteiger partial charge in [0.1, 0.15) is 0 Å². The first-order chi connectivity index (χ1) is 13.3. The predicted octanol–water partition coefficient (Wildman–Crippen LogP) is 4.67. The molecule has 2 aromatic rings. The van der Waals surface area contributed by atoms with Gasteiger partial charge in [0.15, 0.2) is 5.11 Å². The Labute approximate surface area is 176 Å². The number of hydrogen-bond acceptors (Lipinski definition) is 3. The van der Waals surface area contributed by atoms with E-state index in [0.29, 0.717) is 22.2 Å². The van der Waals surface area contributed by atoms with E-state index in [4.69, 9.17) is 23.8 Å². The van der Waals surface area contributed by atoms with Crippen LogP contribution in [0.1, 0.15) is 32.4 Å². The number of aliphatic hydroxyl groups excluding tert-OH is 1. The van der Waals surface area contributed by atoms with Crippen LogP contribution < -0.4 is 4.90 Å². The van der Waals surface area contributed by atoms with Crippen LogP contribution in [0.3, 0.4) is 0 Å². The van der Waals surface area contributed by atoms with Crippen LogP contribution in [0.2, 0.25) is 5.02 Å². The molecule has 2 aromatic carbocycles. The number of nitrogens with zero attached hydrogens (tertiary/aromatic N) is 2. The number of carbonyl (C=O) groups excluding carboxylic acids is 1. The molecule has 3 rings (SSSR count). The molecule has 0 aromatic heterocycles. The lowest BCUT2D eigenvalue weighted by atomic mass is 9.94. The van der Waals surface area contributed by atoms with E-state index >= 15 is 0 Å². The van der Waals surface area contributed by atoms with Gasteiger partial charge in [-0.1, -0.05) is 62.7 Å². The molecule has 0 unspecified atom stereocenters. The average molecular weight is 417 g/mol. The zero-order chi connectivity index (χ0) is 20.4. The SMILES string of the molecule is CC(C)[C@H]1CN(c2ccccc2)C(=S)N1C(=O)[C@H](C)[C@@H](O)c1ccc(Cl)cc1. The molecule has 0 aliphatic carbocycles. The Morgan fingerprint density at radius 3 is 2.29 bits per heavy atom. The van der Waals surface area contributed by atoms with Crippen LogP contribution in [0, 0.1) is 11.8 Å². The van der Waals surface area contributed by atoms with Gasteiger partial charge in [0.05, 0.1) is 18.1 Å². The van der Waals surface area contributed by atoms with E-state index in [9.17, 15) is 9.90 Å². The van der Waals surface area contributed by atoms with E-state index in [-0.39, 0.29) is 17.9 Å². The number of thiocarbonyl (C=S) groups is 1. The van der Waals surface area contributed by atoms with Gasteiger partial charge in [0.25, 0.3) is 0 Å². The Kier molecular flexibility index (Phi) is 6.38. The molecular formula is C22H25ClN2O2S. The van der Waals surface area contributed by atoms with Crippen molar-refractivity contribution >= 4 is 40.5 Å². The number of rotatable bonds is 5. The summed E-state index contributed by atoms with van der Waals surface area (Å²) in [5.41, 5.74) is 1.63. The minimum absolute atomic E-state index is 0.0416. The van der Waals surface area contributed by atoms with Crippen molar-refractivity contribution in [3.8, 4) is 0 Å². The molecule has 1 amide bonds. The molecule has 1 N–H and O–H groups in total. The zero-order valence-corrected chi connectivity index (χ0v) is 17.8. The van der Waals surface area contributed by atoms with Crippen molar-refractivity contribution in [2.24, 2.45) is 11.8 Å². The van der Waals surface area contributed by atoms with Crippen LogP contribution in [0.4, 0.5) is 5.69 Å². The average Bonchev–Trinajstić information content (AvgIpc) is 3.05. The summed E-state index contributed by atoms with van der Waals surface area (Å²) in [6, 6.07) is 16.7. The van der Waals surface area contributed by atoms with Crippen LogP contribution in [-0.2, 0) is 4.79 Å². The largest absolute Gasteiger partial charge is 0.388 e. The van der Waals surface area contributed by atoms with Crippen LogP contribution in [0.25, 0.3) is 0 Å². The molecule has 0 radical (unpaired) electrons. The molecule has 0 saturated carbocycles. The van der Waals surface area contributed by atoms with Crippen LogP contribution in [-0.4, -0.2) is 33.6 Å². The Balaban J connectivity index is 1.85. The summed E-state index contributed by atoms with van der Waals surface area (Å²) in [6.45, 7) is 6.56. The predicted molar refractivity (Wildman–Crippen MR) is 117 cm³/mol. The van der Waals surface area contributed by atoms with Gasteiger partial charge in [-0.05, 0) is 48.0 Å². The number of para-hydroxylation sites is 1. The van der Waals surface area contributed by atoms with Crippen molar-refractivity contribution in [1.82, 2.24) is 4.90 Å². The fourth-order valence-corrected chi connectivity index (χ4v) is 4.04. The molecular weight excluding hydrogens is 392 g/mol. The van der Waals surface area contributed by atoms with Crippen LogP contribution in [0.5, 0.6) is 0 Å². The Hall–Kier alpha value is -1.95. The van der Waals surface area contributed by atoms with Crippen molar-refractivity contribution in [2.75, 3.05) is 11.4 Å². The standard InChI is InChI=1S/C22H25ClN2O2S/c1-14(2)19-13-24(18-7-5-4-6-8-18)22(28)25(19)21(27)15(3)20(26)16-9-11-17(23)12-10-16/h4-12,14-15,19-20,26H,13H2,1-3H3/t15-,19-,20-/m1/s1. The van der Waals surface area contributed by atoms with Gasteiger partial charge in [-0.2, -0.15) is 0 Å². The molecule has 3 atom stereocenters. The van der Waals surface area contributed by atoms with Crippen LogP contribution >= 0.6 is 23.8 Å². The third-order valence-electron chi connectivity index (χ3n) is 5.29. The maximum absolute atomic E-state index is 13.4. The summed E-state index contributed by atoms with van der Waals surface area (Å²) in [5.74, 6) is -0.559. The molecule has 6 heteroatoms. The van der Waals surface area contributed by atoms with E-state index in [1.807, 2.05) is 35.2 Å². The number of carbonyl (C=O) groups is 1. The normalized spacial score (nSPS) is 19.2. The molecule has 0 spiro atoms. The summed E-state index contributed by atoms with van der Waals surface area (Å²) in [4.78, 5) is 17.0. The number of hydrogen-bond donors (Lipinski definition) is 1. The number of aliphatic hydroxyl groups is 1. The van der Waals surface area contributed by atoms with Crippen molar-refractivity contribution in [2.45, 2.75) is 32.9 Å². The van der Waals surface area contributed by atoms with E-state index < -0.39 is 12.0 Å². The monoisotopic (exact) mass is 416 g/mol. The molecule has 148 valence electrons. The van der Waals surface area contributed by atoms with Gasteiger partial charge in [0.2, 0.25) is 5.91 Å². The highest BCUT2D eigenvalue weighted by Gasteiger charge is 2.43. The molecule has 1 aliphatic rings. The Bertz CT molecular complexity index is 841. The smallest absolute Gasteiger partial charge is 0.234 e. The van der Waals surface area contributed by atoms with Gasteiger partial charge in [0, 0.05) is 17.3 Å². The zero-order valence-electron chi connectivity index (χ0n) is 16.2. The van der Waals surface area contributed by atoms with Crippen LogP contribution in [0.15, 0.2) is 54.6 Å². The molecule has 1 aliphatic heterocycles. The topological polar surface area (TPSA) is 43.8 Å². The second-order valence-corrected chi connectivity index (χ2v) is 8.33. The molecule has 1 heterocycles. The minimum atomic E-state index is -0.925. The fourth-order valence-electron chi connectivity index (χ4n) is 3.51. The van der Waals surface area contributed by atoms with E-state index in [0.717, 1.165) is 5.69 Å². The van der Waals surface area contributed by atoms with E-state index in [1.54, 1.807) is 36.1 Å². The molecule has 0 bridgehead atoms. The first-order valence-electron chi connectivity index (χ1n) is 9.44. The van der Waals surface area contributed by atoms with Gasteiger partial charge in [-0.3, -0.25) is 9.69 Å². The summed E-state index contributed by atoms with van der Waals surface area (Å²) in [7, 11) is 0. The Morgan fingerprint density at radius 2 is 1.71 bits per heavy atom. The third-order valence-corrected chi connectivity index (χ3v) is 5.96. The lowest BCUT2D eigenvalue weighted by molar-refractivity contribution is -0.136. The second-order valence-electron chi connectivity index (χ2n) is 7.53. The number of halogens is 1. The first kappa shape index (κ1) is 20.8. The maximum Gasteiger partial charge on any atom is 0.234 e. The van der Waals surface area contributed by atoms with Crippen molar-refractivity contribution in [1.29, 1.82) is 0 Å². The highest BCUT2D eigenvalue weighted by molar-refractivity contribution is 7.80. The summed E-state index contributed by atoms with van der Waals surface area (Å²) >= 11 is 11.6. The first-order valence-corrected chi connectivity index (χ1v) is 10.2. The highest BCUT2D eigenvalue weighted by atomic mass is 35.5. The van der Waals surface area contributed by atoms with E-state index in [1.165, 1.54) is 0 Å².